The SMILES string of the molecule is CN(CCNC(C)(C)C)Cc1cccc2cc[nH]c12. The number of rotatable bonds is 5. The third-order valence-electron chi connectivity index (χ3n) is 3.26. The number of likely N-dealkylation sites (N-methyl/N-ethyl adjacent to an activating group) is 1. The second kappa shape index (κ2) is 5.76. The molecule has 0 aliphatic carbocycles. The van der Waals surface area contributed by atoms with Crippen LogP contribution in [-0.2, 0) is 6.54 Å². The third kappa shape index (κ3) is 4.08. The van der Waals surface area contributed by atoms with E-state index in [2.05, 4.69) is 67.3 Å². The molecule has 0 unspecified atom stereocenters. The first-order valence-corrected chi connectivity index (χ1v) is 6.94. The number of hydrogen-bond acceptors (Lipinski definition) is 2. The van der Waals surface area contributed by atoms with Crippen LogP contribution in [0.15, 0.2) is 30.5 Å². The highest BCUT2D eigenvalue weighted by Gasteiger charge is 2.09. The minimum Gasteiger partial charge on any atom is -0.361 e. The molecule has 0 amide bonds. The fraction of sp³-hybridized carbons (Fsp3) is 0.500. The van der Waals surface area contributed by atoms with Crippen LogP contribution in [0.1, 0.15) is 26.3 Å². The van der Waals surface area contributed by atoms with E-state index in [1.165, 1.54) is 16.5 Å². The van der Waals surface area contributed by atoms with Crippen molar-refractivity contribution in [1.29, 1.82) is 0 Å². The molecular weight excluding hydrogens is 234 g/mol. The Kier molecular flexibility index (Phi) is 4.27. The Morgan fingerprint density at radius 3 is 2.74 bits per heavy atom. The molecule has 1 aromatic carbocycles. The largest absolute Gasteiger partial charge is 0.361 e. The molecule has 0 fully saturated rings. The number of aromatic amines is 1. The number of para-hydroxylation sites is 1. The monoisotopic (exact) mass is 259 g/mol. The van der Waals surface area contributed by atoms with Gasteiger partial charge in [0.25, 0.3) is 0 Å². The van der Waals surface area contributed by atoms with Crippen molar-refractivity contribution in [3.8, 4) is 0 Å². The lowest BCUT2D eigenvalue weighted by Crippen LogP contribution is -2.40. The highest BCUT2D eigenvalue weighted by molar-refractivity contribution is 5.82. The average molecular weight is 259 g/mol. The molecule has 3 nitrogen and oxygen atoms in total. The molecule has 2 N–H and O–H groups in total. The molecule has 1 heterocycles. The van der Waals surface area contributed by atoms with Gasteiger partial charge in [-0.2, -0.15) is 0 Å². The van der Waals surface area contributed by atoms with Crippen LogP contribution in [0.3, 0.4) is 0 Å². The number of aromatic nitrogens is 1. The van der Waals surface area contributed by atoms with E-state index in [-0.39, 0.29) is 5.54 Å². The minimum absolute atomic E-state index is 0.195. The maximum atomic E-state index is 3.52. The van der Waals surface area contributed by atoms with Gasteiger partial charge in [0, 0.05) is 36.9 Å². The van der Waals surface area contributed by atoms with Crippen LogP contribution in [0.25, 0.3) is 10.9 Å². The molecule has 1 aromatic heterocycles. The lowest BCUT2D eigenvalue weighted by molar-refractivity contribution is 0.304. The first-order valence-electron chi connectivity index (χ1n) is 6.94. The summed E-state index contributed by atoms with van der Waals surface area (Å²) in [6.07, 6.45) is 2.01. The first-order chi connectivity index (χ1) is 8.96. The summed E-state index contributed by atoms with van der Waals surface area (Å²) in [5.41, 5.74) is 2.82. The van der Waals surface area contributed by atoms with Crippen molar-refractivity contribution in [2.45, 2.75) is 32.9 Å². The van der Waals surface area contributed by atoms with Crippen LogP contribution in [0.5, 0.6) is 0 Å². The van der Waals surface area contributed by atoms with Crippen LogP contribution in [0, 0.1) is 0 Å². The lowest BCUT2D eigenvalue weighted by Gasteiger charge is -2.23. The smallest absolute Gasteiger partial charge is 0.0499 e. The van der Waals surface area contributed by atoms with Gasteiger partial charge < -0.3 is 15.2 Å². The fourth-order valence-corrected chi connectivity index (χ4v) is 2.27. The van der Waals surface area contributed by atoms with Gasteiger partial charge in [-0.25, -0.2) is 0 Å². The third-order valence-corrected chi connectivity index (χ3v) is 3.26. The summed E-state index contributed by atoms with van der Waals surface area (Å²) in [4.78, 5) is 5.69. The zero-order valence-electron chi connectivity index (χ0n) is 12.5. The van der Waals surface area contributed by atoms with Crippen LogP contribution in [-0.4, -0.2) is 35.6 Å². The van der Waals surface area contributed by atoms with Crippen LogP contribution < -0.4 is 5.32 Å². The number of H-pyrrole nitrogens is 1. The van der Waals surface area contributed by atoms with Crippen LogP contribution in [0.2, 0.25) is 0 Å². The Morgan fingerprint density at radius 2 is 2.00 bits per heavy atom. The molecule has 104 valence electrons. The van der Waals surface area contributed by atoms with Crippen molar-refractivity contribution in [2.75, 3.05) is 20.1 Å². The summed E-state index contributed by atoms with van der Waals surface area (Å²) in [5.74, 6) is 0. The summed E-state index contributed by atoms with van der Waals surface area (Å²) in [7, 11) is 2.17. The van der Waals surface area contributed by atoms with Gasteiger partial charge in [0.1, 0.15) is 0 Å². The number of nitrogens with zero attached hydrogens (tertiary/aromatic N) is 1. The summed E-state index contributed by atoms with van der Waals surface area (Å²) in [6.45, 7) is 9.64. The van der Waals surface area contributed by atoms with Crippen molar-refractivity contribution >= 4 is 10.9 Å². The first kappa shape index (κ1) is 14.1. The van der Waals surface area contributed by atoms with Crippen molar-refractivity contribution in [1.82, 2.24) is 15.2 Å². The molecule has 0 aliphatic rings. The molecule has 0 aliphatic heterocycles. The van der Waals surface area contributed by atoms with E-state index >= 15 is 0 Å². The van der Waals surface area contributed by atoms with Crippen LogP contribution >= 0.6 is 0 Å². The van der Waals surface area contributed by atoms with Gasteiger partial charge in [-0.15, -0.1) is 0 Å². The van der Waals surface area contributed by atoms with E-state index in [9.17, 15) is 0 Å². The maximum Gasteiger partial charge on any atom is 0.0499 e. The molecule has 0 saturated carbocycles. The van der Waals surface area contributed by atoms with Crippen molar-refractivity contribution in [3.63, 3.8) is 0 Å². The standard InChI is InChI=1S/C16H25N3/c1-16(2,3)18-10-11-19(4)12-14-7-5-6-13-8-9-17-15(13)14/h5-9,17-18H,10-12H2,1-4H3. The molecule has 0 saturated heterocycles. The van der Waals surface area contributed by atoms with E-state index < -0.39 is 0 Å². The maximum absolute atomic E-state index is 3.52. The van der Waals surface area contributed by atoms with E-state index in [1.54, 1.807) is 0 Å². The van der Waals surface area contributed by atoms with Gasteiger partial charge in [-0.1, -0.05) is 18.2 Å². The zero-order chi connectivity index (χ0) is 13.9. The van der Waals surface area contributed by atoms with E-state index in [4.69, 9.17) is 0 Å². The van der Waals surface area contributed by atoms with E-state index in [0.717, 1.165) is 19.6 Å². The summed E-state index contributed by atoms with van der Waals surface area (Å²) >= 11 is 0. The van der Waals surface area contributed by atoms with E-state index in [0.29, 0.717) is 0 Å². The molecule has 19 heavy (non-hydrogen) atoms. The second-order valence-electron chi connectivity index (χ2n) is 6.27. The summed E-state index contributed by atoms with van der Waals surface area (Å²) in [5, 5.41) is 4.81. The molecule has 0 atom stereocenters. The highest BCUT2D eigenvalue weighted by Crippen LogP contribution is 2.17. The Bertz CT molecular complexity index is 522. The predicted molar refractivity (Wildman–Crippen MR) is 82.4 cm³/mol. The lowest BCUT2D eigenvalue weighted by atomic mass is 10.1. The Morgan fingerprint density at radius 1 is 1.21 bits per heavy atom. The number of hydrogen-bond donors (Lipinski definition) is 2. The predicted octanol–water partition coefficient (Wildman–Crippen LogP) is 2.99. The minimum atomic E-state index is 0.195. The molecular formula is C16H25N3. The van der Waals surface area contributed by atoms with Gasteiger partial charge in [0.05, 0.1) is 0 Å². The molecule has 0 radical (unpaired) electrons. The van der Waals surface area contributed by atoms with Gasteiger partial charge >= 0.3 is 0 Å². The second-order valence-corrected chi connectivity index (χ2v) is 6.27. The van der Waals surface area contributed by atoms with Crippen LogP contribution in [0.4, 0.5) is 0 Å². The summed E-state index contributed by atoms with van der Waals surface area (Å²) < 4.78 is 0. The van der Waals surface area contributed by atoms with Crippen molar-refractivity contribution in [3.05, 3.63) is 36.0 Å². The molecule has 0 spiro atoms. The summed E-state index contributed by atoms with van der Waals surface area (Å²) in [6, 6.07) is 8.61. The van der Waals surface area contributed by atoms with Gasteiger partial charge in [-0.3, -0.25) is 0 Å². The number of benzene rings is 1. The fourth-order valence-electron chi connectivity index (χ4n) is 2.27. The topological polar surface area (TPSA) is 31.1 Å². The molecule has 0 bridgehead atoms. The Labute approximate surface area is 116 Å². The normalized spacial score (nSPS) is 12.5. The Hall–Kier alpha value is -1.32. The average Bonchev–Trinajstić information content (AvgIpc) is 2.76. The number of nitrogens with one attached hydrogen (secondary N) is 2. The molecule has 2 rings (SSSR count). The van der Waals surface area contributed by atoms with Crippen molar-refractivity contribution < 1.29 is 0 Å². The van der Waals surface area contributed by atoms with Gasteiger partial charge in [0.2, 0.25) is 0 Å². The number of fused-ring (bicyclic) bond motifs is 1. The molecule has 2 aromatic rings. The highest BCUT2D eigenvalue weighted by atomic mass is 15.1. The quantitative estimate of drug-likeness (QED) is 0.865. The zero-order valence-corrected chi connectivity index (χ0v) is 12.5. The van der Waals surface area contributed by atoms with Crippen molar-refractivity contribution in [2.24, 2.45) is 0 Å². The van der Waals surface area contributed by atoms with Gasteiger partial charge in [0.15, 0.2) is 0 Å². The van der Waals surface area contributed by atoms with E-state index in [1.807, 2.05) is 6.20 Å². The Balaban J connectivity index is 1.92. The molecule has 3 heteroatoms. The van der Waals surface area contributed by atoms with Gasteiger partial charge in [-0.05, 0) is 44.8 Å².